The van der Waals surface area contributed by atoms with Crippen LogP contribution in [0.4, 0.5) is 4.79 Å². The Bertz CT molecular complexity index is 347. The van der Waals surface area contributed by atoms with E-state index in [1.165, 1.54) is 0 Å². The van der Waals surface area contributed by atoms with Crippen molar-refractivity contribution in [3.63, 3.8) is 0 Å². The van der Waals surface area contributed by atoms with Crippen molar-refractivity contribution in [3.8, 4) is 0 Å². The van der Waals surface area contributed by atoms with Gasteiger partial charge in [-0.1, -0.05) is 0 Å². The molecule has 2 atom stereocenters. The first-order chi connectivity index (χ1) is 9.88. The normalized spacial score (nSPS) is 20.4. The maximum atomic E-state index is 12.2. The summed E-state index contributed by atoms with van der Waals surface area (Å²) in [5.41, 5.74) is 0. The van der Waals surface area contributed by atoms with Crippen LogP contribution in [0.15, 0.2) is 0 Å². The number of rotatable bonds is 7. The summed E-state index contributed by atoms with van der Waals surface area (Å²) in [4.78, 5) is 26.8. The first-order valence-corrected chi connectivity index (χ1v) is 7.80. The second kappa shape index (κ2) is 8.87. The van der Waals surface area contributed by atoms with Gasteiger partial charge in [-0.15, -0.1) is 0 Å². The number of nitrogens with zero attached hydrogens (tertiary/aromatic N) is 2. The molecule has 1 aliphatic rings. The van der Waals surface area contributed by atoms with E-state index in [0.717, 1.165) is 32.4 Å². The molecule has 2 unspecified atom stereocenters. The molecule has 0 spiro atoms. The van der Waals surface area contributed by atoms with E-state index < -0.39 is 5.97 Å². The number of aliphatic carboxylic acids is 1. The molecule has 1 aliphatic heterocycles. The van der Waals surface area contributed by atoms with Gasteiger partial charge < -0.3 is 20.2 Å². The standard InChI is InChI=1S/C15H29N3O3/c1-12(8-10-17(2)3)16-15(21)18-9-4-5-13(11-18)6-7-14(19)20/h12-13H,4-11H2,1-3H3,(H,16,21)(H,19,20). The highest BCUT2D eigenvalue weighted by Crippen LogP contribution is 2.21. The zero-order chi connectivity index (χ0) is 15.8. The minimum absolute atomic E-state index is 0.0127. The fourth-order valence-electron chi connectivity index (χ4n) is 2.64. The number of carboxylic acids is 1. The summed E-state index contributed by atoms with van der Waals surface area (Å²) in [6.45, 7) is 4.42. The average Bonchev–Trinajstić information content (AvgIpc) is 2.43. The van der Waals surface area contributed by atoms with Crippen molar-refractivity contribution in [2.24, 2.45) is 5.92 Å². The maximum Gasteiger partial charge on any atom is 0.317 e. The Hall–Kier alpha value is -1.30. The molecule has 0 aromatic heterocycles. The van der Waals surface area contributed by atoms with Crippen molar-refractivity contribution in [3.05, 3.63) is 0 Å². The molecule has 0 aromatic rings. The van der Waals surface area contributed by atoms with Crippen LogP contribution in [0.5, 0.6) is 0 Å². The number of hydrogen-bond donors (Lipinski definition) is 2. The predicted molar refractivity (Wildman–Crippen MR) is 82.3 cm³/mol. The van der Waals surface area contributed by atoms with Crippen molar-refractivity contribution in [2.75, 3.05) is 33.7 Å². The largest absolute Gasteiger partial charge is 0.481 e. The molecular weight excluding hydrogens is 270 g/mol. The van der Waals surface area contributed by atoms with E-state index >= 15 is 0 Å². The number of carboxylic acid groups (broad SMARTS) is 1. The zero-order valence-electron chi connectivity index (χ0n) is 13.5. The molecule has 0 radical (unpaired) electrons. The van der Waals surface area contributed by atoms with Gasteiger partial charge in [0.2, 0.25) is 0 Å². The van der Waals surface area contributed by atoms with Crippen LogP contribution in [-0.2, 0) is 4.79 Å². The maximum absolute atomic E-state index is 12.2. The van der Waals surface area contributed by atoms with E-state index in [1.807, 2.05) is 25.9 Å². The van der Waals surface area contributed by atoms with Gasteiger partial charge in [-0.25, -0.2) is 4.79 Å². The van der Waals surface area contributed by atoms with Crippen LogP contribution in [0.3, 0.4) is 0 Å². The Morgan fingerprint density at radius 2 is 2.14 bits per heavy atom. The van der Waals surface area contributed by atoms with Gasteiger partial charge in [0, 0.05) is 25.6 Å². The van der Waals surface area contributed by atoms with E-state index in [9.17, 15) is 9.59 Å². The average molecular weight is 299 g/mol. The second-order valence-electron chi connectivity index (χ2n) is 6.33. The monoisotopic (exact) mass is 299 g/mol. The first-order valence-electron chi connectivity index (χ1n) is 7.80. The molecule has 6 nitrogen and oxygen atoms in total. The zero-order valence-corrected chi connectivity index (χ0v) is 13.5. The van der Waals surface area contributed by atoms with E-state index in [4.69, 9.17) is 5.11 Å². The van der Waals surface area contributed by atoms with Gasteiger partial charge in [0.25, 0.3) is 0 Å². The second-order valence-corrected chi connectivity index (χ2v) is 6.33. The smallest absolute Gasteiger partial charge is 0.317 e. The Labute approximate surface area is 127 Å². The molecule has 1 fully saturated rings. The highest BCUT2D eigenvalue weighted by atomic mass is 16.4. The van der Waals surface area contributed by atoms with E-state index in [2.05, 4.69) is 10.2 Å². The van der Waals surface area contributed by atoms with Gasteiger partial charge in [-0.2, -0.15) is 0 Å². The van der Waals surface area contributed by atoms with Crippen LogP contribution in [-0.4, -0.2) is 66.7 Å². The van der Waals surface area contributed by atoms with Crippen molar-refractivity contribution < 1.29 is 14.7 Å². The van der Waals surface area contributed by atoms with Crippen LogP contribution in [0.25, 0.3) is 0 Å². The van der Waals surface area contributed by atoms with E-state index in [1.54, 1.807) is 0 Å². The number of piperidine rings is 1. The van der Waals surface area contributed by atoms with E-state index in [-0.39, 0.29) is 18.5 Å². The Balaban J connectivity index is 2.34. The van der Waals surface area contributed by atoms with Gasteiger partial charge in [0.15, 0.2) is 0 Å². The lowest BCUT2D eigenvalue weighted by Crippen LogP contribution is -2.48. The predicted octanol–water partition coefficient (Wildman–Crippen LogP) is 1.61. The molecule has 122 valence electrons. The van der Waals surface area contributed by atoms with Gasteiger partial charge in [-0.3, -0.25) is 4.79 Å². The molecule has 0 saturated carbocycles. The Morgan fingerprint density at radius 1 is 1.43 bits per heavy atom. The number of likely N-dealkylation sites (tertiary alicyclic amines) is 1. The lowest BCUT2D eigenvalue weighted by molar-refractivity contribution is -0.137. The van der Waals surface area contributed by atoms with Gasteiger partial charge in [-0.05, 0) is 59.2 Å². The van der Waals surface area contributed by atoms with Crippen molar-refractivity contribution in [2.45, 2.75) is 45.1 Å². The number of carbonyl (C=O) groups is 2. The minimum atomic E-state index is -0.756. The highest BCUT2D eigenvalue weighted by molar-refractivity contribution is 5.74. The first kappa shape index (κ1) is 17.8. The molecule has 0 bridgehead atoms. The molecule has 2 N–H and O–H groups in total. The van der Waals surface area contributed by atoms with Gasteiger partial charge >= 0.3 is 12.0 Å². The molecule has 0 aromatic carbocycles. The molecule has 2 amide bonds. The molecule has 6 heteroatoms. The summed E-state index contributed by atoms with van der Waals surface area (Å²) in [6, 6.07) is 0.139. The SMILES string of the molecule is CC(CCN(C)C)NC(=O)N1CCCC(CCC(=O)O)C1. The number of urea groups is 1. The number of amides is 2. The summed E-state index contributed by atoms with van der Waals surface area (Å²) in [6.07, 6.45) is 3.76. The fourth-order valence-corrected chi connectivity index (χ4v) is 2.64. The van der Waals surface area contributed by atoms with Crippen LogP contribution >= 0.6 is 0 Å². The van der Waals surface area contributed by atoms with Crippen LogP contribution < -0.4 is 5.32 Å². The molecule has 1 saturated heterocycles. The fraction of sp³-hybridized carbons (Fsp3) is 0.867. The molecule has 21 heavy (non-hydrogen) atoms. The lowest BCUT2D eigenvalue weighted by Gasteiger charge is -2.33. The molecule has 1 heterocycles. The summed E-state index contributed by atoms with van der Waals surface area (Å²) < 4.78 is 0. The molecule has 0 aliphatic carbocycles. The van der Waals surface area contributed by atoms with E-state index in [0.29, 0.717) is 18.9 Å². The lowest BCUT2D eigenvalue weighted by atomic mass is 9.93. The topological polar surface area (TPSA) is 72.9 Å². The van der Waals surface area contributed by atoms with Crippen molar-refractivity contribution in [1.29, 1.82) is 0 Å². The number of carbonyl (C=O) groups excluding carboxylic acids is 1. The van der Waals surface area contributed by atoms with Gasteiger partial charge in [0.1, 0.15) is 0 Å². The van der Waals surface area contributed by atoms with Crippen LogP contribution in [0.1, 0.15) is 39.0 Å². The van der Waals surface area contributed by atoms with Crippen molar-refractivity contribution in [1.82, 2.24) is 15.1 Å². The van der Waals surface area contributed by atoms with Crippen LogP contribution in [0.2, 0.25) is 0 Å². The highest BCUT2D eigenvalue weighted by Gasteiger charge is 2.24. The third kappa shape index (κ3) is 7.32. The Morgan fingerprint density at radius 3 is 2.76 bits per heavy atom. The molecule has 1 rings (SSSR count). The quantitative estimate of drug-likeness (QED) is 0.749. The number of hydrogen-bond acceptors (Lipinski definition) is 3. The minimum Gasteiger partial charge on any atom is -0.481 e. The summed E-state index contributed by atoms with van der Waals surface area (Å²) >= 11 is 0. The third-order valence-corrected chi connectivity index (χ3v) is 3.95. The Kier molecular flexibility index (Phi) is 7.50. The van der Waals surface area contributed by atoms with Gasteiger partial charge in [0.05, 0.1) is 0 Å². The summed E-state index contributed by atoms with van der Waals surface area (Å²) in [7, 11) is 4.04. The third-order valence-electron chi connectivity index (χ3n) is 3.95. The summed E-state index contributed by atoms with van der Waals surface area (Å²) in [5.74, 6) is -0.438. The summed E-state index contributed by atoms with van der Waals surface area (Å²) in [5, 5.41) is 11.8. The molecular formula is C15H29N3O3. The number of nitrogens with one attached hydrogen (secondary N) is 1. The van der Waals surface area contributed by atoms with Crippen LogP contribution in [0, 0.1) is 5.92 Å². The van der Waals surface area contributed by atoms with Crippen molar-refractivity contribution >= 4 is 12.0 Å².